The van der Waals surface area contributed by atoms with Gasteiger partial charge in [0.2, 0.25) is 0 Å². The van der Waals surface area contributed by atoms with Gasteiger partial charge in [-0.05, 0) is 26.7 Å². The van der Waals surface area contributed by atoms with Crippen LogP contribution >= 0.6 is 0 Å². The lowest BCUT2D eigenvalue weighted by Crippen LogP contribution is -2.45. The largest absolute Gasteiger partial charge is 0.467 e. The highest BCUT2D eigenvalue weighted by Gasteiger charge is 2.39. The normalized spacial score (nSPS) is 15.7. The van der Waals surface area contributed by atoms with Crippen LogP contribution in [0.2, 0.25) is 0 Å². The average molecular weight is 263 g/mol. The van der Waals surface area contributed by atoms with E-state index >= 15 is 0 Å². The van der Waals surface area contributed by atoms with E-state index in [9.17, 15) is 9.59 Å². The number of ether oxygens (including phenoxy) is 1. The van der Waals surface area contributed by atoms with E-state index in [-0.39, 0.29) is 17.6 Å². The van der Waals surface area contributed by atoms with Gasteiger partial charge < -0.3 is 9.64 Å². The van der Waals surface area contributed by atoms with Crippen LogP contribution in [-0.2, 0) is 9.53 Å². The summed E-state index contributed by atoms with van der Waals surface area (Å²) >= 11 is 0. The molecule has 1 amide bonds. The van der Waals surface area contributed by atoms with Gasteiger partial charge in [-0.1, -0.05) is 0 Å². The highest BCUT2D eigenvalue weighted by molar-refractivity contribution is 5.95. The highest BCUT2D eigenvalue weighted by atomic mass is 16.5. The predicted molar refractivity (Wildman–Crippen MR) is 67.4 cm³/mol. The summed E-state index contributed by atoms with van der Waals surface area (Å²) in [5.74, 6) is -0.687. The average Bonchev–Trinajstić information content (AvgIpc) is 3.23. The molecular weight excluding hydrogens is 246 g/mol. The lowest BCUT2D eigenvalue weighted by atomic mass is 10.2. The number of carbonyl (C=O) groups is 2. The molecule has 1 fully saturated rings. The van der Waals surface area contributed by atoms with Gasteiger partial charge in [-0.3, -0.25) is 9.78 Å². The Hall–Kier alpha value is -1.98. The second-order valence-corrected chi connectivity index (χ2v) is 4.69. The molecule has 2 rings (SSSR count). The summed E-state index contributed by atoms with van der Waals surface area (Å²) in [5, 5.41) is 0. The zero-order valence-corrected chi connectivity index (χ0v) is 11.3. The number of carbonyl (C=O) groups excluding carboxylic acids is 2. The van der Waals surface area contributed by atoms with Crippen molar-refractivity contribution in [2.75, 3.05) is 7.11 Å². The van der Waals surface area contributed by atoms with Crippen molar-refractivity contribution >= 4 is 11.9 Å². The lowest BCUT2D eigenvalue weighted by Gasteiger charge is -2.26. The van der Waals surface area contributed by atoms with Crippen LogP contribution in [0.3, 0.4) is 0 Å². The molecule has 1 aromatic heterocycles. The van der Waals surface area contributed by atoms with Gasteiger partial charge in [0.15, 0.2) is 0 Å². The van der Waals surface area contributed by atoms with Gasteiger partial charge in [0.1, 0.15) is 11.7 Å². The molecule has 6 heteroatoms. The number of hydrogen-bond donors (Lipinski definition) is 0. The molecule has 1 aliphatic carbocycles. The molecule has 1 saturated carbocycles. The molecule has 0 unspecified atom stereocenters. The number of esters is 1. The van der Waals surface area contributed by atoms with Crippen LogP contribution in [0.15, 0.2) is 12.4 Å². The third-order valence-corrected chi connectivity index (χ3v) is 3.13. The Balaban J connectivity index is 2.21. The number of aryl methyl sites for hydroxylation is 1. The zero-order chi connectivity index (χ0) is 14.0. The van der Waals surface area contributed by atoms with Crippen LogP contribution in [0.5, 0.6) is 0 Å². The summed E-state index contributed by atoms with van der Waals surface area (Å²) < 4.78 is 4.71. The van der Waals surface area contributed by atoms with Crippen molar-refractivity contribution in [2.45, 2.75) is 38.8 Å². The number of methoxy groups -OCH3 is 1. The van der Waals surface area contributed by atoms with Crippen LogP contribution in [0, 0.1) is 6.92 Å². The topological polar surface area (TPSA) is 72.4 Å². The molecule has 0 N–H and O–H groups in total. The predicted octanol–water partition coefficient (Wildman–Crippen LogP) is 0.951. The van der Waals surface area contributed by atoms with E-state index in [1.54, 1.807) is 24.9 Å². The Labute approximate surface area is 111 Å². The first-order chi connectivity index (χ1) is 9.04. The molecule has 0 aliphatic heterocycles. The molecule has 0 saturated heterocycles. The fourth-order valence-electron chi connectivity index (χ4n) is 1.93. The van der Waals surface area contributed by atoms with Gasteiger partial charge in [0, 0.05) is 12.2 Å². The zero-order valence-electron chi connectivity index (χ0n) is 11.3. The van der Waals surface area contributed by atoms with Crippen molar-refractivity contribution in [3.05, 3.63) is 23.8 Å². The summed E-state index contributed by atoms with van der Waals surface area (Å²) in [4.78, 5) is 33.7. The second kappa shape index (κ2) is 5.34. The van der Waals surface area contributed by atoms with Gasteiger partial charge in [0.25, 0.3) is 5.91 Å². The van der Waals surface area contributed by atoms with Gasteiger partial charge in [-0.25, -0.2) is 9.78 Å². The Morgan fingerprint density at radius 1 is 1.37 bits per heavy atom. The highest BCUT2D eigenvalue weighted by Crippen LogP contribution is 2.30. The third-order valence-electron chi connectivity index (χ3n) is 3.13. The van der Waals surface area contributed by atoms with Crippen molar-refractivity contribution in [2.24, 2.45) is 0 Å². The molecule has 1 aliphatic rings. The maximum Gasteiger partial charge on any atom is 0.328 e. The van der Waals surface area contributed by atoms with E-state index < -0.39 is 12.0 Å². The SMILES string of the molecule is COC(=O)[C@@H](C)N(C(=O)c1cnc(C)cn1)C1CC1. The van der Waals surface area contributed by atoms with E-state index in [0.717, 1.165) is 18.5 Å². The lowest BCUT2D eigenvalue weighted by molar-refractivity contribution is -0.145. The van der Waals surface area contributed by atoms with Crippen molar-refractivity contribution in [3.8, 4) is 0 Å². The van der Waals surface area contributed by atoms with Crippen molar-refractivity contribution < 1.29 is 14.3 Å². The van der Waals surface area contributed by atoms with Crippen LogP contribution in [0.4, 0.5) is 0 Å². The Morgan fingerprint density at radius 2 is 2.05 bits per heavy atom. The molecule has 6 nitrogen and oxygen atoms in total. The van der Waals surface area contributed by atoms with Crippen molar-refractivity contribution in [3.63, 3.8) is 0 Å². The summed E-state index contributed by atoms with van der Waals surface area (Å²) in [7, 11) is 1.32. The maximum atomic E-state index is 12.4. The van der Waals surface area contributed by atoms with Gasteiger partial charge in [-0.2, -0.15) is 0 Å². The maximum absolute atomic E-state index is 12.4. The van der Waals surface area contributed by atoms with Gasteiger partial charge in [0.05, 0.1) is 19.0 Å². The van der Waals surface area contributed by atoms with Crippen LogP contribution < -0.4 is 0 Å². The van der Waals surface area contributed by atoms with E-state index in [1.165, 1.54) is 13.3 Å². The first-order valence-electron chi connectivity index (χ1n) is 6.23. The molecule has 1 heterocycles. The number of nitrogens with zero attached hydrogens (tertiary/aromatic N) is 3. The Bertz CT molecular complexity index is 482. The smallest absolute Gasteiger partial charge is 0.328 e. The first kappa shape index (κ1) is 13.5. The monoisotopic (exact) mass is 263 g/mol. The summed E-state index contributed by atoms with van der Waals surface area (Å²) in [6, 6.07) is -0.502. The van der Waals surface area contributed by atoms with Gasteiger partial charge >= 0.3 is 5.97 Å². The standard InChI is InChI=1S/C13H17N3O3/c1-8-6-15-11(7-14-8)12(17)16(10-4-5-10)9(2)13(18)19-3/h6-7,9-10H,4-5H2,1-3H3/t9-/m1/s1. The molecule has 0 aromatic carbocycles. The fraction of sp³-hybridized carbons (Fsp3) is 0.538. The molecular formula is C13H17N3O3. The molecule has 102 valence electrons. The van der Waals surface area contributed by atoms with Gasteiger partial charge in [-0.15, -0.1) is 0 Å². The minimum absolute atomic E-state index is 0.102. The summed E-state index contributed by atoms with van der Waals surface area (Å²) in [6.45, 7) is 3.47. The molecule has 19 heavy (non-hydrogen) atoms. The van der Waals surface area contributed by atoms with E-state index in [2.05, 4.69) is 9.97 Å². The van der Waals surface area contributed by atoms with E-state index in [0.29, 0.717) is 0 Å². The fourth-order valence-corrected chi connectivity index (χ4v) is 1.93. The summed E-state index contributed by atoms with van der Waals surface area (Å²) in [6.07, 6.45) is 4.80. The quantitative estimate of drug-likeness (QED) is 0.756. The number of aromatic nitrogens is 2. The van der Waals surface area contributed by atoms with Crippen molar-refractivity contribution in [1.82, 2.24) is 14.9 Å². The molecule has 0 spiro atoms. The minimum Gasteiger partial charge on any atom is -0.467 e. The third kappa shape index (κ3) is 2.89. The molecule has 1 aromatic rings. The molecule has 1 atom stereocenters. The molecule has 0 bridgehead atoms. The van der Waals surface area contributed by atoms with E-state index in [1.807, 2.05) is 0 Å². The van der Waals surface area contributed by atoms with Crippen LogP contribution in [-0.4, -0.2) is 45.9 Å². The number of amides is 1. The second-order valence-electron chi connectivity index (χ2n) is 4.69. The van der Waals surface area contributed by atoms with Crippen molar-refractivity contribution in [1.29, 1.82) is 0 Å². The number of rotatable bonds is 4. The first-order valence-corrected chi connectivity index (χ1v) is 6.23. The van der Waals surface area contributed by atoms with Crippen LogP contribution in [0.1, 0.15) is 35.9 Å². The van der Waals surface area contributed by atoms with Crippen LogP contribution in [0.25, 0.3) is 0 Å². The minimum atomic E-state index is -0.604. The Morgan fingerprint density at radius 3 is 2.53 bits per heavy atom. The molecule has 0 radical (unpaired) electrons. The van der Waals surface area contributed by atoms with E-state index in [4.69, 9.17) is 4.74 Å². The number of hydrogen-bond acceptors (Lipinski definition) is 5. The summed E-state index contributed by atoms with van der Waals surface area (Å²) in [5.41, 5.74) is 1.00. The Kier molecular flexibility index (Phi) is 3.78.